The number of rotatable bonds is 2. The first-order valence-electron chi connectivity index (χ1n) is 4.27. The Bertz CT molecular complexity index is 379. The predicted molar refractivity (Wildman–Crippen MR) is 62.6 cm³/mol. The van der Waals surface area contributed by atoms with Crippen molar-refractivity contribution in [3.05, 3.63) is 23.5 Å². The Hall–Kier alpha value is -0.220. The fourth-order valence-corrected chi connectivity index (χ4v) is 1.50. The molecule has 15 heavy (non-hydrogen) atoms. The summed E-state index contributed by atoms with van der Waals surface area (Å²) in [7, 11) is 1.70. The molecule has 1 atom stereocenters. The molecule has 0 spiro atoms. The Morgan fingerprint density at radius 2 is 2.07 bits per heavy atom. The van der Waals surface area contributed by atoms with Gasteiger partial charge in [0.15, 0.2) is 0 Å². The molecule has 0 aliphatic carbocycles. The van der Waals surface area contributed by atoms with Gasteiger partial charge in [0.05, 0.1) is 5.69 Å². The van der Waals surface area contributed by atoms with Crippen LogP contribution in [-0.2, 0) is 7.05 Å². The van der Waals surface area contributed by atoms with Crippen LogP contribution in [0.15, 0.2) is 12.3 Å². The molecule has 0 saturated heterocycles. The molecule has 0 radical (unpaired) electrons. The highest BCUT2D eigenvalue weighted by Crippen LogP contribution is 2.31. The smallest absolute Gasteiger partial charge is 0.255 e. The van der Waals surface area contributed by atoms with Crippen LogP contribution in [0.4, 0.5) is 0 Å². The number of nitrogens with two attached hydrogens (primary N) is 1. The van der Waals surface area contributed by atoms with E-state index in [9.17, 15) is 4.79 Å². The average Bonchev–Trinajstić information content (AvgIpc) is 2.44. The average molecular weight is 270 g/mol. The van der Waals surface area contributed by atoms with Crippen molar-refractivity contribution in [1.82, 2.24) is 4.57 Å². The molecule has 0 aliphatic rings. The minimum atomic E-state index is -1.93. The topological polar surface area (TPSA) is 48.0 Å². The minimum Gasteiger partial charge on any atom is -0.348 e. The van der Waals surface area contributed by atoms with E-state index in [2.05, 4.69) is 0 Å². The molecule has 1 aromatic heterocycles. The normalized spacial score (nSPS) is 14.0. The lowest BCUT2D eigenvalue weighted by atomic mass is 10.2. The zero-order valence-electron chi connectivity index (χ0n) is 8.30. The quantitative estimate of drug-likeness (QED) is 0.663. The molecule has 84 valence electrons. The van der Waals surface area contributed by atoms with Crippen LogP contribution in [0.2, 0.25) is 0 Å². The van der Waals surface area contributed by atoms with Gasteiger partial charge in [-0.05, 0) is 18.6 Å². The number of aryl methyl sites for hydroxylation is 1. The highest BCUT2D eigenvalue weighted by molar-refractivity contribution is 6.77. The maximum atomic E-state index is 11.7. The Balaban J connectivity index is 3.11. The number of aromatic nitrogens is 1. The predicted octanol–water partition coefficient (Wildman–Crippen LogP) is 2.60. The molecule has 0 bridgehead atoms. The third-order valence-electron chi connectivity index (χ3n) is 2.04. The van der Waals surface area contributed by atoms with Crippen molar-refractivity contribution in [2.24, 2.45) is 12.8 Å². The second kappa shape index (κ2) is 4.34. The molecular formula is C9H11Cl3N2O. The van der Waals surface area contributed by atoms with Crippen molar-refractivity contribution < 1.29 is 4.79 Å². The lowest BCUT2D eigenvalue weighted by Crippen LogP contribution is -2.21. The number of ketones is 1. The molecule has 2 N–H and O–H groups in total. The number of nitrogens with zero attached hydrogens (tertiary/aromatic N) is 1. The molecule has 0 amide bonds. The summed E-state index contributed by atoms with van der Waals surface area (Å²) < 4.78 is -0.329. The fraction of sp³-hybridized carbons (Fsp3) is 0.444. The van der Waals surface area contributed by atoms with Crippen LogP contribution in [-0.4, -0.2) is 14.1 Å². The molecular weight excluding hydrogens is 258 g/mol. The van der Waals surface area contributed by atoms with Gasteiger partial charge in [-0.25, -0.2) is 0 Å². The van der Waals surface area contributed by atoms with E-state index < -0.39 is 9.58 Å². The van der Waals surface area contributed by atoms with Crippen molar-refractivity contribution in [2.45, 2.75) is 16.8 Å². The Labute approximate surface area is 103 Å². The largest absolute Gasteiger partial charge is 0.348 e. The maximum absolute atomic E-state index is 11.7. The lowest BCUT2D eigenvalue weighted by molar-refractivity contribution is 0.0988. The van der Waals surface area contributed by atoms with Gasteiger partial charge in [-0.2, -0.15) is 0 Å². The van der Waals surface area contributed by atoms with Gasteiger partial charge < -0.3 is 10.3 Å². The van der Waals surface area contributed by atoms with E-state index in [1.807, 2.05) is 6.92 Å². The van der Waals surface area contributed by atoms with E-state index in [0.29, 0.717) is 5.69 Å². The summed E-state index contributed by atoms with van der Waals surface area (Å²) in [6.45, 7) is 1.82. The van der Waals surface area contributed by atoms with Crippen molar-refractivity contribution in [1.29, 1.82) is 0 Å². The summed E-state index contributed by atoms with van der Waals surface area (Å²) in [6.07, 6.45) is 1.74. The molecule has 0 aliphatic heterocycles. The van der Waals surface area contributed by atoms with E-state index in [1.54, 1.807) is 23.9 Å². The Morgan fingerprint density at radius 3 is 2.40 bits per heavy atom. The number of carbonyl (C=O) groups excluding carboxylic acids is 1. The minimum absolute atomic E-state index is 0.159. The maximum Gasteiger partial charge on any atom is 0.255 e. The molecule has 0 fully saturated rings. The second-order valence-electron chi connectivity index (χ2n) is 3.39. The van der Waals surface area contributed by atoms with Crippen molar-refractivity contribution in [3.8, 4) is 0 Å². The molecule has 6 heteroatoms. The van der Waals surface area contributed by atoms with Crippen LogP contribution < -0.4 is 5.73 Å². The monoisotopic (exact) mass is 268 g/mol. The number of hydrogen-bond acceptors (Lipinski definition) is 2. The van der Waals surface area contributed by atoms with Gasteiger partial charge in [-0.1, -0.05) is 34.8 Å². The van der Waals surface area contributed by atoms with Gasteiger partial charge >= 0.3 is 0 Å². The second-order valence-corrected chi connectivity index (χ2v) is 5.67. The van der Waals surface area contributed by atoms with Crippen LogP contribution in [0.1, 0.15) is 29.0 Å². The van der Waals surface area contributed by atoms with E-state index in [4.69, 9.17) is 40.5 Å². The van der Waals surface area contributed by atoms with Crippen molar-refractivity contribution >= 4 is 40.6 Å². The summed E-state index contributed by atoms with van der Waals surface area (Å²) in [5, 5.41) is 0. The van der Waals surface area contributed by atoms with E-state index in [0.717, 1.165) is 5.56 Å². The highest BCUT2D eigenvalue weighted by Gasteiger charge is 2.33. The summed E-state index contributed by atoms with van der Waals surface area (Å²) in [4.78, 5) is 11.7. The summed E-state index contributed by atoms with van der Waals surface area (Å²) >= 11 is 16.5. The molecule has 0 saturated carbocycles. The third kappa shape index (κ3) is 2.88. The Kier molecular flexibility index (Phi) is 3.71. The zero-order valence-corrected chi connectivity index (χ0v) is 10.6. The molecule has 0 aromatic carbocycles. The van der Waals surface area contributed by atoms with Gasteiger partial charge in [0, 0.05) is 19.3 Å². The molecule has 1 aromatic rings. The molecule has 3 nitrogen and oxygen atoms in total. The van der Waals surface area contributed by atoms with Gasteiger partial charge in [-0.15, -0.1) is 0 Å². The number of hydrogen-bond donors (Lipinski definition) is 1. The summed E-state index contributed by atoms with van der Waals surface area (Å²) in [6, 6.07) is 1.47. The Morgan fingerprint density at radius 1 is 1.53 bits per heavy atom. The number of halogens is 3. The third-order valence-corrected chi connectivity index (χ3v) is 2.56. The van der Waals surface area contributed by atoms with Crippen molar-refractivity contribution in [2.75, 3.05) is 0 Å². The van der Waals surface area contributed by atoms with Gasteiger partial charge in [0.2, 0.25) is 5.78 Å². The van der Waals surface area contributed by atoms with Crippen LogP contribution in [0.25, 0.3) is 0 Å². The van der Waals surface area contributed by atoms with Crippen LogP contribution >= 0.6 is 34.8 Å². The molecule has 1 rings (SSSR count). The zero-order chi connectivity index (χ0) is 11.8. The first-order chi connectivity index (χ1) is 6.73. The van der Waals surface area contributed by atoms with Gasteiger partial charge in [0.25, 0.3) is 3.79 Å². The highest BCUT2D eigenvalue weighted by atomic mass is 35.6. The van der Waals surface area contributed by atoms with E-state index >= 15 is 0 Å². The van der Waals surface area contributed by atoms with Crippen LogP contribution in [0.5, 0.6) is 0 Å². The summed E-state index contributed by atoms with van der Waals surface area (Å²) in [5.74, 6) is -0.554. The standard InChI is InChI=1S/C9H11Cl3N2O/c1-5(13)6-3-7(14(2)4-6)8(15)9(10,11)12/h3-5H,13H2,1-2H3/t5-/m1/s1. The van der Waals surface area contributed by atoms with Crippen LogP contribution in [0.3, 0.4) is 0 Å². The number of alkyl halides is 3. The fourth-order valence-electron chi connectivity index (χ4n) is 1.21. The number of Topliss-reactive ketones (excluding diaryl/α,β-unsaturated/α-hetero) is 1. The molecule has 1 heterocycles. The SMILES string of the molecule is C[C@@H](N)c1cc(C(=O)C(Cl)(Cl)Cl)n(C)c1. The molecule has 0 unspecified atom stereocenters. The van der Waals surface area contributed by atoms with E-state index in [-0.39, 0.29) is 6.04 Å². The van der Waals surface area contributed by atoms with E-state index in [1.165, 1.54) is 0 Å². The first-order valence-corrected chi connectivity index (χ1v) is 5.40. The summed E-state index contributed by atoms with van der Waals surface area (Å²) in [5.41, 5.74) is 6.85. The van der Waals surface area contributed by atoms with Crippen LogP contribution in [0, 0.1) is 0 Å². The lowest BCUT2D eigenvalue weighted by Gasteiger charge is -2.09. The van der Waals surface area contributed by atoms with Gasteiger partial charge in [-0.3, -0.25) is 4.79 Å². The number of carbonyl (C=O) groups is 1. The van der Waals surface area contributed by atoms with Gasteiger partial charge in [0.1, 0.15) is 0 Å². The van der Waals surface area contributed by atoms with Crippen molar-refractivity contribution in [3.63, 3.8) is 0 Å². The first kappa shape index (κ1) is 12.8.